The number of amides is 1. The Balaban J connectivity index is 1.88. The summed E-state index contributed by atoms with van der Waals surface area (Å²) in [4.78, 5) is 25.4. The Morgan fingerprint density at radius 1 is 1.26 bits per heavy atom. The second-order valence-corrected chi connectivity index (χ2v) is 8.06. The standard InChI is InChI=1S/C23H20FNO5S/c1-3-30-16-8-7-12(10-17(16)29-2)15-11-18(26)25-20-19(13-5-4-6-14(24)9-13)22(23(27)28)31-21(15)20/h4-10,15H,3,11H2,1-2H3,(H,25,26)(H,27,28)/t15-/m1/s1. The van der Waals surface area contributed by atoms with Gasteiger partial charge in [-0.05, 0) is 42.3 Å². The normalized spacial score (nSPS) is 15.2. The van der Waals surface area contributed by atoms with Crippen LogP contribution in [0.4, 0.5) is 10.1 Å². The molecule has 0 radical (unpaired) electrons. The maximum Gasteiger partial charge on any atom is 0.346 e. The fraction of sp³-hybridized carbons (Fsp3) is 0.217. The first-order chi connectivity index (χ1) is 14.9. The highest BCUT2D eigenvalue weighted by molar-refractivity contribution is 7.15. The summed E-state index contributed by atoms with van der Waals surface area (Å²) < 4.78 is 24.9. The van der Waals surface area contributed by atoms with Crippen LogP contribution in [0.15, 0.2) is 42.5 Å². The molecule has 0 fully saturated rings. The molecule has 1 atom stereocenters. The van der Waals surface area contributed by atoms with E-state index in [2.05, 4.69) is 5.32 Å². The molecular weight excluding hydrogens is 421 g/mol. The van der Waals surface area contributed by atoms with Gasteiger partial charge in [0.1, 0.15) is 10.7 Å². The van der Waals surface area contributed by atoms with E-state index < -0.39 is 11.8 Å². The number of halogens is 1. The highest BCUT2D eigenvalue weighted by Gasteiger charge is 2.35. The van der Waals surface area contributed by atoms with Gasteiger partial charge >= 0.3 is 5.97 Å². The largest absolute Gasteiger partial charge is 0.493 e. The summed E-state index contributed by atoms with van der Waals surface area (Å²) in [6.07, 6.45) is 0.159. The lowest BCUT2D eigenvalue weighted by Crippen LogP contribution is -2.22. The van der Waals surface area contributed by atoms with Crippen molar-refractivity contribution in [2.24, 2.45) is 0 Å². The Morgan fingerprint density at radius 3 is 2.74 bits per heavy atom. The number of fused-ring (bicyclic) bond motifs is 1. The number of rotatable bonds is 6. The van der Waals surface area contributed by atoms with Crippen molar-refractivity contribution in [3.05, 3.63) is 63.6 Å². The first-order valence-corrected chi connectivity index (χ1v) is 10.5. The number of carboxylic acid groups (broad SMARTS) is 1. The number of hydrogen-bond donors (Lipinski definition) is 2. The highest BCUT2D eigenvalue weighted by atomic mass is 32.1. The Hall–Kier alpha value is -3.39. The number of thiophene rings is 1. The molecular formula is C23H20FNO5S. The van der Waals surface area contributed by atoms with Gasteiger partial charge in [0.25, 0.3) is 0 Å². The minimum Gasteiger partial charge on any atom is -0.493 e. The third kappa shape index (κ3) is 3.86. The smallest absolute Gasteiger partial charge is 0.346 e. The molecule has 2 N–H and O–H groups in total. The van der Waals surface area contributed by atoms with Crippen molar-refractivity contribution in [1.29, 1.82) is 0 Å². The van der Waals surface area contributed by atoms with Gasteiger partial charge < -0.3 is 19.9 Å². The number of anilines is 1. The van der Waals surface area contributed by atoms with Crippen molar-refractivity contribution >= 4 is 28.9 Å². The van der Waals surface area contributed by atoms with E-state index in [1.807, 2.05) is 13.0 Å². The average Bonchev–Trinajstić information content (AvgIpc) is 3.13. The third-order valence-electron chi connectivity index (χ3n) is 5.10. The lowest BCUT2D eigenvalue weighted by molar-refractivity contribution is -0.116. The van der Waals surface area contributed by atoms with Crippen LogP contribution in [-0.2, 0) is 4.79 Å². The van der Waals surface area contributed by atoms with Crippen LogP contribution in [0, 0.1) is 5.82 Å². The Bertz CT molecular complexity index is 1170. The molecule has 6 nitrogen and oxygen atoms in total. The van der Waals surface area contributed by atoms with Crippen molar-refractivity contribution in [3.8, 4) is 22.6 Å². The first kappa shape index (κ1) is 20.9. The van der Waals surface area contributed by atoms with Gasteiger partial charge in [0.2, 0.25) is 5.91 Å². The molecule has 1 aliphatic heterocycles. The maximum absolute atomic E-state index is 13.9. The molecule has 8 heteroatoms. The number of hydrogen-bond acceptors (Lipinski definition) is 5. The van der Waals surface area contributed by atoms with Gasteiger partial charge in [-0.25, -0.2) is 9.18 Å². The lowest BCUT2D eigenvalue weighted by Gasteiger charge is -2.24. The minimum absolute atomic E-state index is 0.0562. The fourth-order valence-corrected chi connectivity index (χ4v) is 5.05. The Labute approximate surface area is 182 Å². The van der Waals surface area contributed by atoms with E-state index in [9.17, 15) is 19.1 Å². The van der Waals surface area contributed by atoms with Gasteiger partial charge in [-0.3, -0.25) is 4.79 Å². The molecule has 0 unspecified atom stereocenters. The van der Waals surface area contributed by atoms with Crippen LogP contribution in [0.2, 0.25) is 0 Å². The van der Waals surface area contributed by atoms with E-state index in [1.165, 1.54) is 25.3 Å². The van der Waals surface area contributed by atoms with Gasteiger partial charge in [-0.2, -0.15) is 0 Å². The van der Waals surface area contributed by atoms with Gasteiger partial charge in [0.05, 0.1) is 19.4 Å². The number of benzene rings is 2. The summed E-state index contributed by atoms with van der Waals surface area (Å²) in [5.41, 5.74) is 1.95. The SMILES string of the molecule is CCOc1ccc([C@H]2CC(=O)Nc3c2sc(C(=O)O)c3-c2cccc(F)c2)cc1OC. The van der Waals surface area contributed by atoms with Gasteiger partial charge in [-0.1, -0.05) is 18.2 Å². The topological polar surface area (TPSA) is 84.9 Å². The average molecular weight is 441 g/mol. The molecule has 0 bridgehead atoms. The molecule has 0 saturated heterocycles. The van der Waals surface area contributed by atoms with Crippen LogP contribution in [0.25, 0.3) is 11.1 Å². The third-order valence-corrected chi connectivity index (χ3v) is 6.39. The second kappa shape index (κ2) is 8.39. The fourth-order valence-electron chi connectivity index (χ4n) is 3.80. The predicted molar refractivity (Wildman–Crippen MR) is 116 cm³/mol. The van der Waals surface area contributed by atoms with Crippen LogP contribution in [0.3, 0.4) is 0 Å². The Kier molecular flexibility index (Phi) is 5.65. The van der Waals surface area contributed by atoms with E-state index in [-0.39, 0.29) is 23.1 Å². The van der Waals surface area contributed by atoms with Crippen molar-refractivity contribution in [3.63, 3.8) is 0 Å². The second-order valence-electron chi connectivity index (χ2n) is 7.01. The number of methoxy groups -OCH3 is 1. The quantitative estimate of drug-likeness (QED) is 0.554. The predicted octanol–water partition coefficient (Wildman–Crippen LogP) is 5.13. The molecule has 0 spiro atoms. The first-order valence-electron chi connectivity index (χ1n) is 9.69. The molecule has 0 saturated carbocycles. The number of carbonyl (C=O) groups excluding carboxylic acids is 1. The lowest BCUT2D eigenvalue weighted by atomic mass is 9.88. The Morgan fingerprint density at radius 2 is 2.06 bits per heavy atom. The molecule has 4 rings (SSSR count). The number of nitrogens with one attached hydrogen (secondary N) is 1. The zero-order valence-corrected chi connectivity index (χ0v) is 17.7. The van der Waals surface area contributed by atoms with Crippen molar-refractivity contribution in [1.82, 2.24) is 0 Å². The molecule has 1 aromatic heterocycles. The summed E-state index contributed by atoms with van der Waals surface area (Å²) >= 11 is 1.09. The van der Waals surface area contributed by atoms with Crippen LogP contribution in [-0.4, -0.2) is 30.7 Å². The summed E-state index contributed by atoms with van der Waals surface area (Å²) in [6.45, 7) is 2.35. The van der Waals surface area contributed by atoms with E-state index in [0.717, 1.165) is 16.9 Å². The van der Waals surface area contributed by atoms with Crippen molar-refractivity contribution < 1.29 is 28.6 Å². The molecule has 3 aromatic rings. The van der Waals surface area contributed by atoms with Gasteiger partial charge in [0, 0.05) is 22.8 Å². The molecule has 2 aromatic carbocycles. The molecule has 1 aliphatic rings. The number of ether oxygens (including phenoxy) is 2. The number of carboxylic acids is 1. The summed E-state index contributed by atoms with van der Waals surface area (Å²) in [5.74, 6) is -1.09. The molecule has 160 valence electrons. The van der Waals surface area contributed by atoms with Crippen LogP contribution in [0.1, 0.15) is 39.4 Å². The molecule has 0 aliphatic carbocycles. The van der Waals surface area contributed by atoms with Crippen LogP contribution < -0.4 is 14.8 Å². The highest BCUT2D eigenvalue weighted by Crippen LogP contribution is 2.50. The van der Waals surface area contributed by atoms with E-state index >= 15 is 0 Å². The zero-order valence-electron chi connectivity index (χ0n) is 16.9. The van der Waals surface area contributed by atoms with Crippen molar-refractivity contribution in [2.45, 2.75) is 19.3 Å². The maximum atomic E-state index is 13.9. The van der Waals surface area contributed by atoms with Gasteiger partial charge in [0.15, 0.2) is 11.5 Å². The molecule has 31 heavy (non-hydrogen) atoms. The minimum atomic E-state index is -1.13. The zero-order chi connectivity index (χ0) is 22.1. The van der Waals surface area contributed by atoms with E-state index in [4.69, 9.17) is 9.47 Å². The number of aromatic carboxylic acids is 1. The summed E-state index contributed by atoms with van der Waals surface area (Å²) in [7, 11) is 1.54. The molecule has 1 amide bonds. The van der Waals surface area contributed by atoms with Crippen LogP contribution >= 0.6 is 11.3 Å². The van der Waals surface area contributed by atoms with E-state index in [1.54, 1.807) is 18.2 Å². The van der Waals surface area contributed by atoms with Gasteiger partial charge in [-0.15, -0.1) is 11.3 Å². The van der Waals surface area contributed by atoms with E-state index in [0.29, 0.717) is 39.8 Å². The number of carbonyl (C=O) groups is 2. The summed E-state index contributed by atoms with van der Waals surface area (Å²) in [6, 6.07) is 11.1. The monoisotopic (exact) mass is 441 g/mol. The summed E-state index contributed by atoms with van der Waals surface area (Å²) in [5, 5.41) is 12.6. The van der Waals surface area contributed by atoms with Crippen molar-refractivity contribution in [2.75, 3.05) is 19.0 Å². The van der Waals surface area contributed by atoms with Crippen LogP contribution in [0.5, 0.6) is 11.5 Å². The molecule has 2 heterocycles.